The van der Waals surface area contributed by atoms with Crippen molar-refractivity contribution in [1.82, 2.24) is 4.57 Å². The molecule has 0 aliphatic heterocycles. The summed E-state index contributed by atoms with van der Waals surface area (Å²) in [5, 5.41) is 10.7. The molecule has 98 valence electrons. The number of halogens is 2. The Labute approximate surface area is 120 Å². The van der Waals surface area contributed by atoms with Crippen LogP contribution in [0.25, 0.3) is 10.9 Å². The molecule has 0 saturated carbocycles. The summed E-state index contributed by atoms with van der Waals surface area (Å²) < 4.78 is 15.3. The van der Waals surface area contributed by atoms with Crippen molar-refractivity contribution in [2.75, 3.05) is 0 Å². The van der Waals surface area contributed by atoms with Crippen molar-refractivity contribution in [1.29, 1.82) is 5.26 Å². The first-order chi connectivity index (χ1) is 9.69. The van der Waals surface area contributed by atoms with Crippen molar-refractivity contribution in [2.45, 2.75) is 6.54 Å². The predicted octanol–water partition coefficient (Wildman–Crippen LogP) is 4.35. The van der Waals surface area contributed by atoms with Gasteiger partial charge in [0, 0.05) is 28.7 Å². The summed E-state index contributed by atoms with van der Waals surface area (Å²) in [4.78, 5) is 0. The molecule has 3 aromatic rings. The summed E-state index contributed by atoms with van der Waals surface area (Å²) in [6.07, 6.45) is 1.89. The zero-order chi connectivity index (χ0) is 14.1. The van der Waals surface area contributed by atoms with Crippen LogP contribution in [0.5, 0.6) is 0 Å². The summed E-state index contributed by atoms with van der Waals surface area (Å²) in [5.74, 6) is -0.339. The average Bonchev–Trinajstić information content (AvgIpc) is 2.84. The zero-order valence-corrected chi connectivity index (χ0v) is 11.2. The molecule has 1 heterocycles. The summed E-state index contributed by atoms with van der Waals surface area (Å²) in [6.45, 7) is 0.435. The van der Waals surface area contributed by atoms with Crippen molar-refractivity contribution in [3.63, 3.8) is 0 Å². The molecule has 0 bridgehead atoms. The van der Waals surface area contributed by atoms with Crippen LogP contribution in [0.15, 0.2) is 48.7 Å². The Hall–Kier alpha value is -2.31. The summed E-state index contributed by atoms with van der Waals surface area (Å²) in [5.41, 5.74) is 2.10. The van der Waals surface area contributed by atoms with Crippen LogP contribution in [0.1, 0.15) is 11.1 Å². The molecular weight excluding hydrogens is 275 g/mol. The number of rotatable bonds is 2. The molecule has 0 fully saturated rings. The molecule has 0 N–H and O–H groups in total. The first-order valence-electron chi connectivity index (χ1n) is 6.11. The lowest BCUT2D eigenvalue weighted by Crippen LogP contribution is -2.01. The lowest BCUT2D eigenvalue weighted by atomic mass is 10.1. The Morgan fingerprint density at radius 1 is 1.20 bits per heavy atom. The highest BCUT2D eigenvalue weighted by Crippen LogP contribution is 2.25. The van der Waals surface area contributed by atoms with Gasteiger partial charge in [0.25, 0.3) is 0 Å². The highest BCUT2D eigenvalue weighted by Gasteiger charge is 2.08. The first-order valence-corrected chi connectivity index (χ1v) is 6.49. The van der Waals surface area contributed by atoms with Crippen LogP contribution in [0, 0.1) is 17.1 Å². The van der Waals surface area contributed by atoms with Crippen LogP contribution in [0.4, 0.5) is 4.39 Å². The van der Waals surface area contributed by atoms with Crippen LogP contribution in [0.3, 0.4) is 0 Å². The van der Waals surface area contributed by atoms with Crippen molar-refractivity contribution in [2.24, 2.45) is 0 Å². The Balaban J connectivity index is 2.08. The SMILES string of the molecule is N#Cc1ccc(F)cc1Cn1ccc2c(Cl)cccc21. The van der Waals surface area contributed by atoms with Gasteiger partial charge in [-0.05, 0) is 42.0 Å². The number of hydrogen-bond acceptors (Lipinski definition) is 1. The van der Waals surface area contributed by atoms with Gasteiger partial charge in [0.1, 0.15) is 5.82 Å². The Morgan fingerprint density at radius 2 is 2.05 bits per heavy atom. The standard InChI is InChI=1S/C16H10ClFN2/c17-15-2-1-3-16-14(15)6-7-20(16)10-12-8-13(18)5-4-11(12)9-19/h1-8H,10H2. The molecule has 0 saturated heterocycles. The number of fused-ring (bicyclic) bond motifs is 1. The van der Waals surface area contributed by atoms with E-state index in [-0.39, 0.29) is 5.82 Å². The highest BCUT2D eigenvalue weighted by molar-refractivity contribution is 6.35. The van der Waals surface area contributed by atoms with Gasteiger partial charge in [0.15, 0.2) is 0 Å². The predicted molar refractivity (Wildman–Crippen MR) is 77.2 cm³/mol. The Morgan fingerprint density at radius 3 is 2.85 bits per heavy atom. The molecule has 0 radical (unpaired) electrons. The monoisotopic (exact) mass is 284 g/mol. The van der Waals surface area contributed by atoms with Crippen molar-refractivity contribution < 1.29 is 4.39 Å². The fourth-order valence-electron chi connectivity index (χ4n) is 2.31. The minimum Gasteiger partial charge on any atom is -0.343 e. The van der Waals surface area contributed by atoms with Gasteiger partial charge >= 0.3 is 0 Å². The number of hydrogen-bond donors (Lipinski definition) is 0. The highest BCUT2D eigenvalue weighted by atomic mass is 35.5. The fraction of sp³-hybridized carbons (Fsp3) is 0.0625. The van der Waals surface area contributed by atoms with E-state index in [2.05, 4.69) is 6.07 Å². The first kappa shape index (κ1) is 12.7. The molecule has 20 heavy (non-hydrogen) atoms. The largest absolute Gasteiger partial charge is 0.343 e. The van der Waals surface area contributed by atoms with Crippen LogP contribution < -0.4 is 0 Å². The molecule has 4 heteroatoms. The minimum atomic E-state index is -0.339. The smallest absolute Gasteiger partial charge is 0.123 e. The molecule has 2 nitrogen and oxygen atoms in total. The molecule has 0 amide bonds. The summed E-state index contributed by atoms with van der Waals surface area (Å²) in [6, 6.07) is 13.9. The van der Waals surface area contributed by atoms with Crippen molar-refractivity contribution in [3.8, 4) is 6.07 Å². The third kappa shape index (κ3) is 2.15. The van der Waals surface area contributed by atoms with Gasteiger partial charge in [0.05, 0.1) is 11.6 Å². The van der Waals surface area contributed by atoms with E-state index in [0.29, 0.717) is 22.7 Å². The topological polar surface area (TPSA) is 28.7 Å². The molecule has 0 unspecified atom stereocenters. The molecule has 0 atom stereocenters. The minimum absolute atomic E-state index is 0.339. The number of benzene rings is 2. The van der Waals surface area contributed by atoms with E-state index in [1.807, 2.05) is 35.0 Å². The molecule has 0 spiro atoms. The molecule has 0 aliphatic rings. The van der Waals surface area contributed by atoms with Crippen LogP contribution in [-0.4, -0.2) is 4.57 Å². The van der Waals surface area contributed by atoms with E-state index in [1.54, 1.807) is 0 Å². The normalized spacial score (nSPS) is 10.7. The van der Waals surface area contributed by atoms with Crippen LogP contribution in [-0.2, 0) is 6.54 Å². The third-order valence-corrected chi connectivity index (χ3v) is 3.62. The summed E-state index contributed by atoms with van der Waals surface area (Å²) >= 11 is 6.13. The number of nitriles is 1. The fourth-order valence-corrected chi connectivity index (χ4v) is 2.54. The van der Waals surface area contributed by atoms with Crippen LogP contribution >= 0.6 is 11.6 Å². The Bertz CT molecular complexity index is 830. The van der Waals surface area contributed by atoms with Gasteiger partial charge in [-0.2, -0.15) is 5.26 Å². The van der Waals surface area contributed by atoms with Gasteiger partial charge < -0.3 is 4.57 Å². The van der Waals surface area contributed by atoms with E-state index in [0.717, 1.165) is 10.9 Å². The van der Waals surface area contributed by atoms with Crippen LogP contribution in [0.2, 0.25) is 5.02 Å². The molecule has 1 aromatic heterocycles. The number of nitrogens with zero attached hydrogens (tertiary/aromatic N) is 2. The van der Waals surface area contributed by atoms with E-state index in [4.69, 9.17) is 16.9 Å². The second-order valence-corrected chi connectivity index (χ2v) is 4.94. The maximum absolute atomic E-state index is 13.4. The lowest BCUT2D eigenvalue weighted by molar-refractivity contribution is 0.623. The van der Waals surface area contributed by atoms with Crippen molar-refractivity contribution in [3.05, 3.63) is 70.6 Å². The quantitative estimate of drug-likeness (QED) is 0.687. The van der Waals surface area contributed by atoms with Gasteiger partial charge in [0.2, 0.25) is 0 Å². The molecular formula is C16H10ClFN2. The van der Waals surface area contributed by atoms with E-state index in [9.17, 15) is 4.39 Å². The summed E-state index contributed by atoms with van der Waals surface area (Å²) in [7, 11) is 0. The molecule has 3 rings (SSSR count). The van der Waals surface area contributed by atoms with E-state index in [1.165, 1.54) is 18.2 Å². The maximum atomic E-state index is 13.4. The van der Waals surface area contributed by atoms with Crippen molar-refractivity contribution >= 4 is 22.5 Å². The van der Waals surface area contributed by atoms with Gasteiger partial charge in [-0.25, -0.2) is 4.39 Å². The zero-order valence-electron chi connectivity index (χ0n) is 10.5. The number of aromatic nitrogens is 1. The maximum Gasteiger partial charge on any atom is 0.123 e. The average molecular weight is 285 g/mol. The second kappa shape index (κ2) is 4.99. The van der Waals surface area contributed by atoms with Gasteiger partial charge in [-0.15, -0.1) is 0 Å². The van der Waals surface area contributed by atoms with Gasteiger partial charge in [-0.1, -0.05) is 17.7 Å². The second-order valence-electron chi connectivity index (χ2n) is 4.53. The van der Waals surface area contributed by atoms with E-state index >= 15 is 0 Å². The van der Waals surface area contributed by atoms with Gasteiger partial charge in [-0.3, -0.25) is 0 Å². The lowest BCUT2D eigenvalue weighted by Gasteiger charge is -2.08. The molecule has 0 aliphatic carbocycles. The molecule has 2 aromatic carbocycles. The third-order valence-electron chi connectivity index (χ3n) is 3.29. The van der Waals surface area contributed by atoms with E-state index < -0.39 is 0 Å². The Kier molecular flexibility index (Phi) is 3.17.